The van der Waals surface area contributed by atoms with Gasteiger partial charge in [-0.15, -0.1) is 0 Å². The summed E-state index contributed by atoms with van der Waals surface area (Å²) in [5.41, 5.74) is 0.664. The van der Waals surface area contributed by atoms with Crippen molar-refractivity contribution in [3.63, 3.8) is 0 Å². The van der Waals surface area contributed by atoms with E-state index in [2.05, 4.69) is 5.32 Å². The first-order valence-electron chi connectivity index (χ1n) is 6.76. The molecule has 21 heavy (non-hydrogen) atoms. The number of nitrogens with zero attached hydrogens (tertiary/aromatic N) is 1. The first-order chi connectivity index (χ1) is 10.1. The molecule has 1 atom stereocenters. The number of benzene rings is 2. The van der Waals surface area contributed by atoms with Crippen LogP contribution in [0.1, 0.15) is 21.5 Å². The van der Waals surface area contributed by atoms with Crippen molar-refractivity contribution in [3.8, 4) is 0 Å². The lowest BCUT2D eigenvalue weighted by Gasteiger charge is -2.33. The molecule has 106 valence electrons. The summed E-state index contributed by atoms with van der Waals surface area (Å²) < 4.78 is 27.3. The molecule has 1 saturated heterocycles. The minimum absolute atomic E-state index is 0.153. The molecule has 2 aromatic carbocycles. The summed E-state index contributed by atoms with van der Waals surface area (Å²) in [6, 6.07) is 10.2. The van der Waals surface area contributed by atoms with Gasteiger partial charge in [-0.1, -0.05) is 12.1 Å². The van der Waals surface area contributed by atoms with Crippen LogP contribution in [0.5, 0.6) is 0 Å². The summed E-state index contributed by atoms with van der Waals surface area (Å²) >= 11 is 0. The van der Waals surface area contributed by atoms with Crippen molar-refractivity contribution in [2.24, 2.45) is 0 Å². The number of amides is 1. The molecule has 1 fully saturated rings. The molecule has 0 aromatic heterocycles. The molecule has 1 unspecified atom stereocenters. The summed E-state index contributed by atoms with van der Waals surface area (Å²) in [4.78, 5) is 14.2. The van der Waals surface area contributed by atoms with Gasteiger partial charge in [-0.05, 0) is 35.9 Å². The Hall–Kier alpha value is -2.27. The Morgan fingerprint density at radius 1 is 1.10 bits per heavy atom. The number of carbonyl (C=O) groups excluding carboxylic acids is 1. The minimum Gasteiger partial charge on any atom is -0.311 e. The van der Waals surface area contributed by atoms with Crippen molar-refractivity contribution in [2.45, 2.75) is 5.66 Å². The van der Waals surface area contributed by atoms with Crippen LogP contribution in [-0.2, 0) is 5.66 Å². The molecule has 5 heteroatoms. The van der Waals surface area contributed by atoms with Gasteiger partial charge in [0.05, 0.1) is 0 Å². The molecule has 0 bridgehead atoms. The maximum Gasteiger partial charge on any atom is 0.256 e. The van der Waals surface area contributed by atoms with Gasteiger partial charge in [-0.2, -0.15) is 0 Å². The third-order valence-corrected chi connectivity index (χ3v) is 4.21. The number of carbonyl (C=O) groups is 1. The molecule has 2 aliphatic heterocycles. The number of halogens is 2. The molecule has 4 rings (SSSR count). The maximum absolute atomic E-state index is 13.7. The highest BCUT2D eigenvalue weighted by molar-refractivity contribution is 6.01. The second-order valence-electron chi connectivity index (χ2n) is 5.29. The second-order valence-corrected chi connectivity index (χ2v) is 5.29. The Morgan fingerprint density at radius 2 is 1.90 bits per heavy atom. The van der Waals surface area contributed by atoms with Gasteiger partial charge in [0.2, 0.25) is 0 Å². The van der Waals surface area contributed by atoms with Gasteiger partial charge in [0, 0.05) is 24.2 Å². The standard InChI is InChI=1S/C16H12F2N2O/c17-11-3-1-2-10(8-11)16-14-9-12(18)4-5-13(14)15(21)20(16)7-6-19-16/h1-5,8-9,19H,6-7H2. The largest absolute Gasteiger partial charge is 0.311 e. The number of hydrogen-bond acceptors (Lipinski definition) is 2. The molecule has 0 spiro atoms. The first kappa shape index (κ1) is 12.5. The van der Waals surface area contributed by atoms with Gasteiger partial charge >= 0.3 is 0 Å². The predicted molar refractivity (Wildman–Crippen MR) is 72.6 cm³/mol. The van der Waals surface area contributed by atoms with E-state index in [1.807, 2.05) is 0 Å². The summed E-state index contributed by atoms with van der Waals surface area (Å²) in [7, 11) is 0. The van der Waals surface area contributed by atoms with E-state index in [1.165, 1.54) is 30.3 Å². The summed E-state index contributed by atoms with van der Waals surface area (Å²) in [6.07, 6.45) is 0. The zero-order valence-electron chi connectivity index (χ0n) is 11.1. The summed E-state index contributed by atoms with van der Waals surface area (Å²) in [5, 5.41) is 3.26. The molecule has 0 aliphatic carbocycles. The van der Waals surface area contributed by atoms with Crippen molar-refractivity contribution in [3.05, 3.63) is 70.8 Å². The fraction of sp³-hybridized carbons (Fsp3) is 0.188. The van der Waals surface area contributed by atoms with Crippen LogP contribution in [0.4, 0.5) is 8.78 Å². The van der Waals surface area contributed by atoms with E-state index in [0.29, 0.717) is 29.8 Å². The highest BCUT2D eigenvalue weighted by Gasteiger charge is 2.53. The molecule has 0 radical (unpaired) electrons. The molecule has 1 amide bonds. The first-order valence-corrected chi connectivity index (χ1v) is 6.76. The Morgan fingerprint density at radius 3 is 2.71 bits per heavy atom. The van der Waals surface area contributed by atoms with Gasteiger partial charge in [-0.25, -0.2) is 8.78 Å². The van der Waals surface area contributed by atoms with Crippen LogP contribution in [-0.4, -0.2) is 23.9 Å². The fourth-order valence-corrected chi connectivity index (χ4v) is 3.38. The highest BCUT2D eigenvalue weighted by atomic mass is 19.1. The van der Waals surface area contributed by atoms with Crippen LogP contribution in [0, 0.1) is 11.6 Å². The molecular weight excluding hydrogens is 274 g/mol. The maximum atomic E-state index is 13.7. The normalized spacial score (nSPS) is 23.3. The Kier molecular flexibility index (Phi) is 2.44. The lowest BCUT2D eigenvalue weighted by atomic mass is 9.91. The van der Waals surface area contributed by atoms with E-state index < -0.39 is 11.5 Å². The molecule has 2 aromatic rings. The smallest absolute Gasteiger partial charge is 0.256 e. The Bertz CT molecular complexity index is 762. The van der Waals surface area contributed by atoms with Crippen LogP contribution in [0.2, 0.25) is 0 Å². The van der Waals surface area contributed by atoms with Crippen LogP contribution in [0.3, 0.4) is 0 Å². The van der Waals surface area contributed by atoms with Crippen molar-refractivity contribution in [1.82, 2.24) is 10.2 Å². The van der Waals surface area contributed by atoms with E-state index in [4.69, 9.17) is 0 Å². The number of rotatable bonds is 1. The monoisotopic (exact) mass is 286 g/mol. The lowest BCUT2D eigenvalue weighted by molar-refractivity contribution is 0.0694. The van der Waals surface area contributed by atoms with Gasteiger partial charge < -0.3 is 4.90 Å². The summed E-state index contributed by atoms with van der Waals surface area (Å²) in [6.45, 7) is 1.09. The average molecular weight is 286 g/mol. The van der Waals surface area contributed by atoms with Gasteiger partial charge in [0.1, 0.15) is 17.3 Å². The van der Waals surface area contributed by atoms with Crippen LogP contribution < -0.4 is 5.32 Å². The predicted octanol–water partition coefficient (Wildman–Crippen LogP) is 2.22. The van der Waals surface area contributed by atoms with Crippen molar-refractivity contribution in [1.29, 1.82) is 0 Å². The lowest BCUT2D eigenvalue weighted by Crippen LogP contribution is -2.46. The Labute approximate surface area is 120 Å². The number of hydrogen-bond donors (Lipinski definition) is 1. The van der Waals surface area contributed by atoms with E-state index in [0.717, 1.165) is 0 Å². The quantitative estimate of drug-likeness (QED) is 0.872. The zero-order chi connectivity index (χ0) is 14.6. The summed E-state index contributed by atoms with van der Waals surface area (Å²) in [5.74, 6) is -0.944. The molecule has 2 aliphatic rings. The van der Waals surface area contributed by atoms with Gasteiger partial charge in [0.15, 0.2) is 0 Å². The Balaban J connectivity index is 2.02. The van der Waals surface area contributed by atoms with E-state index in [9.17, 15) is 13.6 Å². The van der Waals surface area contributed by atoms with E-state index in [-0.39, 0.29) is 11.7 Å². The van der Waals surface area contributed by atoms with Crippen LogP contribution >= 0.6 is 0 Å². The second kappa shape index (κ2) is 4.11. The SMILES string of the molecule is O=C1c2ccc(F)cc2C2(c3cccc(F)c3)NCCN12. The van der Waals surface area contributed by atoms with Gasteiger partial charge in [-0.3, -0.25) is 10.1 Å². The fourth-order valence-electron chi connectivity index (χ4n) is 3.38. The highest BCUT2D eigenvalue weighted by Crippen LogP contribution is 2.44. The zero-order valence-corrected chi connectivity index (χ0v) is 11.1. The van der Waals surface area contributed by atoms with Crippen LogP contribution in [0.25, 0.3) is 0 Å². The van der Waals surface area contributed by atoms with Crippen molar-refractivity contribution < 1.29 is 13.6 Å². The molecular formula is C16H12F2N2O. The van der Waals surface area contributed by atoms with Crippen molar-refractivity contribution in [2.75, 3.05) is 13.1 Å². The molecule has 0 saturated carbocycles. The van der Waals surface area contributed by atoms with Gasteiger partial charge in [0.25, 0.3) is 5.91 Å². The van der Waals surface area contributed by atoms with Crippen molar-refractivity contribution >= 4 is 5.91 Å². The molecule has 2 heterocycles. The minimum atomic E-state index is -0.962. The van der Waals surface area contributed by atoms with E-state index in [1.54, 1.807) is 17.0 Å². The molecule has 1 N–H and O–H groups in total. The number of fused-ring (bicyclic) bond motifs is 3. The van der Waals surface area contributed by atoms with E-state index >= 15 is 0 Å². The number of nitrogens with one attached hydrogen (secondary N) is 1. The average Bonchev–Trinajstić information content (AvgIpc) is 3.00. The third-order valence-electron chi connectivity index (χ3n) is 4.21. The third kappa shape index (κ3) is 1.52. The topological polar surface area (TPSA) is 32.3 Å². The molecule has 3 nitrogen and oxygen atoms in total. The van der Waals surface area contributed by atoms with Crippen LogP contribution in [0.15, 0.2) is 42.5 Å².